The minimum absolute atomic E-state index is 0.00135. The number of carbonyl (C=O) groups excluding carboxylic acids is 2. The van der Waals surface area contributed by atoms with E-state index in [0.29, 0.717) is 22.3 Å². The lowest BCUT2D eigenvalue weighted by Gasteiger charge is -2.60. The van der Waals surface area contributed by atoms with Crippen LogP contribution in [0.1, 0.15) is 60.2 Å². The number of hydrogen-bond acceptors (Lipinski definition) is 6. The number of rotatable bonds is 9. The van der Waals surface area contributed by atoms with Crippen molar-refractivity contribution < 1.29 is 24.5 Å². The Kier molecular flexibility index (Phi) is 7.84. The first-order chi connectivity index (χ1) is 20.1. The zero-order valence-corrected chi connectivity index (χ0v) is 25.6. The number of likely N-dealkylation sites (tertiary alicyclic amines) is 1. The number of Topliss-reactive ketones (excluding diaryl/α,β-unsaturated/α-hetero) is 1. The maximum atomic E-state index is 14.1. The predicted octanol–water partition coefficient (Wildman–Crippen LogP) is 5.20. The maximum absolute atomic E-state index is 14.1. The lowest BCUT2D eigenvalue weighted by molar-refractivity contribution is -0.142. The molecule has 0 aromatic heterocycles. The molecule has 1 amide bonds. The molecule has 2 aliphatic heterocycles. The minimum Gasteiger partial charge on any atom is -0.504 e. The summed E-state index contributed by atoms with van der Waals surface area (Å²) < 4.78 is 6.80. The number of aliphatic hydroxyl groups is 1. The number of phenols is 1. The van der Waals surface area contributed by atoms with Crippen molar-refractivity contribution in [2.45, 2.75) is 69.6 Å². The van der Waals surface area contributed by atoms with Crippen LogP contribution < -0.4 is 4.74 Å². The molecule has 224 valence electrons. The molecule has 0 radical (unpaired) electrons. The Labute approximate surface area is 257 Å². The van der Waals surface area contributed by atoms with Crippen LogP contribution in [0.2, 0.25) is 10.0 Å². The van der Waals surface area contributed by atoms with Gasteiger partial charge in [-0.2, -0.15) is 0 Å². The summed E-state index contributed by atoms with van der Waals surface area (Å²) in [7, 11) is 0. The number of hydrogen-bond donors (Lipinski definition) is 2. The molecule has 2 unspecified atom stereocenters. The SMILES string of the molecule is C=CCN1CC[C@]23c4c5cc(C(=O)CO)c(O)c4OC2C(N(CC(C)C)C(=O)Cc2ccc(Cl)c(Cl)c2)CC[C@H]3[C@H]1C5. The number of amides is 1. The average molecular weight is 614 g/mol. The second-order valence-corrected chi connectivity index (χ2v) is 13.5. The topological polar surface area (TPSA) is 90.3 Å². The number of piperidine rings is 1. The smallest absolute Gasteiger partial charge is 0.227 e. The molecule has 42 heavy (non-hydrogen) atoms. The van der Waals surface area contributed by atoms with E-state index in [1.54, 1.807) is 18.2 Å². The van der Waals surface area contributed by atoms with Crippen LogP contribution in [0, 0.1) is 11.8 Å². The summed E-state index contributed by atoms with van der Waals surface area (Å²) >= 11 is 12.4. The van der Waals surface area contributed by atoms with Crippen molar-refractivity contribution in [3.63, 3.8) is 0 Å². The highest BCUT2D eigenvalue weighted by atomic mass is 35.5. The Morgan fingerprint density at radius 3 is 2.71 bits per heavy atom. The minimum atomic E-state index is -0.691. The molecule has 4 aliphatic rings. The van der Waals surface area contributed by atoms with E-state index in [1.165, 1.54) is 0 Å². The molecule has 5 atom stereocenters. The Balaban J connectivity index is 1.44. The number of ketones is 1. The predicted molar refractivity (Wildman–Crippen MR) is 163 cm³/mol. The van der Waals surface area contributed by atoms with Crippen LogP contribution in [0.5, 0.6) is 11.5 Å². The fourth-order valence-corrected chi connectivity index (χ4v) is 8.74. The van der Waals surface area contributed by atoms with Crippen molar-refractivity contribution in [2.75, 3.05) is 26.2 Å². The van der Waals surface area contributed by atoms with E-state index < -0.39 is 12.4 Å². The highest BCUT2D eigenvalue weighted by Crippen LogP contribution is 2.64. The first-order valence-electron chi connectivity index (χ1n) is 14.9. The van der Waals surface area contributed by atoms with Crippen LogP contribution in [0.25, 0.3) is 0 Å². The van der Waals surface area contributed by atoms with Gasteiger partial charge < -0.3 is 19.8 Å². The van der Waals surface area contributed by atoms with Gasteiger partial charge in [-0.1, -0.05) is 49.2 Å². The van der Waals surface area contributed by atoms with Gasteiger partial charge in [-0.15, -0.1) is 6.58 Å². The zero-order valence-electron chi connectivity index (χ0n) is 24.1. The van der Waals surface area contributed by atoms with E-state index >= 15 is 0 Å². The van der Waals surface area contributed by atoms with Crippen molar-refractivity contribution in [3.8, 4) is 11.5 Å². The second kappa shape index (κ2) is 11.2. The number of carbonyl (C=O) groups is 2. The molecule has 2 bridgehead atoms. The summed E-state index contributed by atoms with van der Waals surface area (Å²) in [5.74, 6) is 0.145. The van der Waals surface area contributed by atoms with Crippen LogP contribution in [0.3, 0.4) is 0 Å². The zero-order chi connectivity index (χ0) is 29.9. The molecule has 1 saturated carbocycles. The van der Waals surface area contributed by atoms with Crippen LogP contribution in [0.4, 0.5) is 0 Å². The van der Waals surface area contributed by atoms with Crippen molar-refractivity contribution in [3.05, 3.63) is 69.2 Å². The molecule has 2 heterocycles. The largest absolute Gasteiger partial charge is 0.504 e. The Hall–Kier alpha value is -2.58. The average Bonchev–Trinajstić information content (AvgIpc) is 3.31. The summed E-state index contributed by atoms with van der Waals surface area (Å²) in [5.41, 5.74) is 2.51. The number of aliphatic hydroxyl groups excluding tert-OH is 1. The van der Waals surface area contributed by atoms with Crippen LogP contribution in [-0.4, -0.2) is 76.1 Å². The van der Waals surface area contributed by atoms with Crippen molar-refractivity contribution in [1.29, 1.82) is 0 Å². The summed E-state index contributed by atoms with van der Waals surface area (Å²) in [4.78, 5) is 31.2. The van der Waals surface area contributed by atoms with Gasteiger partial charge in [0.05, 0.1) is 28.1 Å². The van der Waals surface area contributed by atoms with Gasteiger partial charge in [0.2, 0.25) is 5.91 Å². The maximum Gasteiger partial charge on any atom is 0.227 e. The molecular weight excluding hydrogens is 575 g/mol. The van der Waals surface area contributed by atoms with E-state index in [1.807, 2.05) is 17.0 Å². The molecule has 1 saturated heterocycles. The molecule has 7 nitrogen and oxygen atoms in total. The van der Waals surface area contributed by atoms with Crippen molar-refractivity contribution >= 4 is 34.9 Å². The molecule has 2 aliphatic carbocycles. The Bertz CT molecular complexity index is 1440. The number of phenolic OH excluding ortho intramolecular Hbond substituents is 1. The second-order valence-electron chi connectivity index (χ2n) is 12.7. The first-order valence-corrected chi connectivity index (χ1v) is 15.6. The molecule has 2 aromatic rings. The summed E-state index contributed by atoms with van der Waals surface area (Å²) in [6, 6.07) is 7.09. The number of aromatic hydroxyl groups is 1. The van der Waals surface area contributed by atoms with Gasteiger partial charge in [0.15, 0.2) is 17.3 Å². The lowest BCUT2D eigenvalue weighted by Crippen LogP contribution is -2.69. The van der Waals surface area contributed by atoms with E-state index in [4.69, 9.17) is 27.9 Å². The fourth-order valence-electron chi connectivity index (χ4n) is 8.42. The fraction of sp³-hybridized carbons (Fsp3) is 0.515. The monoisotopic (exact) mass is 612 g/mol. The summed E-state index contributed by atoms with van der Waals surface area (Å²) in [6.07, 6.45) is 5.04. The Morgan fingerprint density at radius 2 is 2.02 bits per heavy atom. The van der Waals surface area contributed by atoms with E-state index in [2.05, 4.69) is 25.3 Å². The van der Waals surface area contributed by atoms with Gasteiger partial charge in [0.1, 0.15) is 12.7 Å². The molecule has 6 rings (SSSR count). The van der Waals surface area contributed by atoms with Crippen LogP contribution in [-0.2, 0) is 23.1 Å². The third-order valence-electron chi connectivity index (χ3n) is 9.94. The molecule has 2 N–H and O–H groups in total. The molecule has 1 spiro atoms. The third kappa shape index (κ3) is 4.55. The number of ether oxygens (including phenoxy) is 1. The van der Waals surface area contributed by atoms with Gasteiger partial charge in [-0.05, 0) is 73.4 Å². The van der Waals surface area contributed by atoms with Gasteiger partial charge in [0.25, 0.3) is 0 Å². The number of halogens is 2. The standard InChI is InChI=1S/C33H38Cl2N2O5/c1-4-10-36-11-9-33-22-6-8-25(37(16-18(2)3)28(40)13-19-5-7-23(34)24(35)12-19)32(33)42-31-29(33)20(15-26(22)36)14-21(30(31)41)27(39)17-38/h4-5,7,12,14,18,22,25-26,32,38,41H,1,6,8-11,13,15-17H2,2-3H3/t22-,25?,26+,32?,33-/m0/s1. The quantitative estimate of drug-likeness (QED) is 0.299. The van der Waals surface area contributed by atoms with Gasteiger partial charge in [-0.3, -0.25) is 14.5 Å². The molecule has 9 heteroatoms. The van der Waals surface area contributed by atoms with Crippen LogP contribution in [0.15, 0.2) is 36.9 Å². The summed E-state index contributed by atoms with van der Waals surface area (Å²) in [6.45, 7) is 9.71. The molecule has 2 aromatic carbocycles. The van der Waals surface area contributed by atoms with E-state index in [-0.39, 0.29) is 59.1 Å². The number of nitrogens with zero attached hydrogens (tertiary/aromatic N) is 2. The van der Waals surface area contributed by atoms with Gasteiger partial charge in [0, 0.05) is 30.1 Å². The highest BCUT2D eigenvalue weighted by Gasteiger charge is 2.66. The van der Waals surface area contributed by atoms with Crippen molar-refractivity contribution in [1.82, 2.24) is 9.80 Å². The van der Waals surface area contributed by atoms with Gasteiger partial charge >= 0.3 is 0 Å². The Morgan fingerprint density at radius 1 is 1.24 bits per heavy atom. The number of benzene rings is 2. The van der Waals surface area contributed by atoms with Gasteiger partial charge in [-0.25, -0.2) is 0 Å². The van der Waals surface area contributed by atoms with E-state index in [9.17, 15) is 19.8 Å². The van der Waals surface area contributed by atoms with Crippen molar-refractivity contribution in [2.24, 2.45) is 11.8 Å². The molecular formula is C33H38Cl2N2O5. The lowest BCUT2D eigenvalue weighted by atomic mass is 9.50. The highest BCUT2D eigenvalue weighted by molar-refractivity contribution is 6.42. The third-order valence-corrected chi connectivity index (χ3v) is 10.7. The molecule has 2 fully saturated rings. The summed E-state index contributed by atoms with van der Waals surface area (Å²) in [5, 5.41) is 21.9. The first kappa shape index (κ1) is 29.5. The normalized spacial score (nSPS) is 27.4. The van der Waals surface area contributed by atoms with Crippen LogP contribution >= 0.6 is 23.2 Å². The van der Waals surface area contributed by atoms with E-state index in [0.717, 1.165) is 55.5 Å².